The molecule has 5 heteroatoms. The number of pyridine rings is 1. The molecule has 0 fully saturated rings. The van der Waals surface area contributed by atoms with Crippen LogP contribution in [-0.2, 0) is 0 Å². The Morgan fingerprint density at radius 3 is 2.50 bits per heavy atom. The van der Waals surface area contributed by atoms with Gasteiger partial charge in [-0.25, -0.2) is 9.78 Å². The number of carboxylic acids is 1. The molecular weight excluding hydrogens is 230 g/mol. The van der Waals surface area contributed by atoms with Gasteiger partial charge in [0.25, 0.3) is 0 Å². The third-order valence-electron chi connectivity index (χ3n) is 2.18. The van der Waals surface area contributed by atoms with Crippen LogP contribution in [0.25, 0.3) is 5.65 Å². The average Bonchev–Trinajstić information content (AvgIpc) is 2.88. The fourth-order valence-corrected chi connectivity index (χ4v) is 1.35. The Bertz CT molecular complexity index is 608. The molecule has 90 valence electrons. The van der Waals surface area contributed by atoms with Gasteiger partial charge in [0.1, 0.15) is 5.65 Å². The van der Waals surface area contributed by atoms with E-state index in [-0.39, 0.29) is 5.56 Å². The van der Waals surface area contributed by atoms with Gasteiger partial charge in [-0.2, -0.15) is 0 Å². The van der Waals surface area contributed by atoms with E-state index in [1.165, 1.54) is 12.4 Å². The molecule has 3 aromatic heterocycles. The number of nitrogens with zero attached hydrogens (tertiary/aromatic N) is 3. The van der Waals surface area contributed by atoms with Gasteiger partial charge in [0.15, 0.2) is 0 Å². The third-order valence-corrected chi connectivity index (χ3v) is 2.18. The first-order chi connectivity index (χ1) is 8.77. The summed E-state index contributed by atoms with van der Waals surface area (Å²) in [4.78, 5) is 18.2. The van der Waals surface area contributed by atoms with E-state index in [1.807, 2.05) is 30.3 Å². The Hall–Kier alpha value is -2.69. The zero-order valence-corrected chi connectivity index (χ0v) is 9.47. The number of carboxylic acid groups (broad SMARTS) is 1. The molecule has 0 amide bonds. The van der Waals surface area contributed by atoms with Crippen LogP contribution in [0.4, 0.5) is 0 Å². The minimum Gasteiger partial charge on any atom is -0.478 e. The Morgan fingerprint density at radius 2 is 1.94 bits per heavy atom. The summed E-state index contributed by atoms with van der Waals surface area (Å²) in [6.45, 7) is 0. The fourth-order valence-electron chi connectivity index (χ4n) is 1.35. The van der Waals surface area contributed by atoms with Gasteiger partial charge in [0, 0.05) is 31.0 Å². The maximum absolute atomic E-state index is 10.5. The molecule has 0 atom stereocenters. The largest absolute Gasteiger partial charge is 0.478 e. The molecule has 0 saturated carbocycles. The number of hydrogen-bond donors (Lipinski definition) is 1. The number of aromatic nitrogens is 3. The van der Waals surface area contributed by atoms with Gasteiger partial charge >= 0.3 is 5.97 Å². The van der Waals surface area contributed by atoms with Crippen LogP contribution in [0.15, 0.2) is 61.3 Å². The summed E-state index contributed by atoms with van der Waals surface area (Å²) in [6.07, 6.45) is 8.14. The van der Waals surface area contributed by atoms with Crippen LogP contribution < -0.4 is 0 Å². The molecule has 0 bridgehead atoms. The highest BCUT2D eigenvalue weighted by atomic mass is 16.4. The lowest BCUT2D eigenvalue weighted by molar-refractivity contribution is 0.0696. The minimum atomic E-state index is -0.960. The standard InChI is InChI=1S/C8H6N2O2.C5H5N/c11-8(12)6-4-9-7-2-1-3-10(7)5-6;1-2-4-6-5-3-1/h1-5H,(H,11,12);1-5H. The quantitative estimate of drug-likeness (QED) is 0.708. The Morgan fingerprint density at radius 1 is 1.17 bits per heavy atom. The molecule has 0 aliphatic heterocycles. The second-order valence-electron chi connectivity index (χ2n) is 3.45. The molecule has 0 aromatic carbocycles. The lowest BCUT2D eigenvalue weighted by Crippen LogP contribution is -1.99. The number of carbonyl (C=O) groups is 1. The first-order valence-corrected chi connectivity index (χ1v) is 5.28. The van der Waals surface area contributed by atoms with Gasteiger partial charge in [0.2, 0.25) is 0 Å². The van der Waals surface area contributed by atoms with Crippen molar-refractivity contribution in [2.24, 2.45) is 0 Å². The van der Waals surface area contributed by atoms with Gasteiger partial charge in [0.05, 0.1) is 5.56 Å². The van der Waals surface area contributed by atoms with Gasteiger partial charge in [-0.1, -0.05) is 6.07 Å². The van der Waals surface area contributed by atoms with Crippen molar-refractivity contribution in [3.63, 3.8) is 0 Å². The Labute approximate surface area is 103 Å². The summed E-state index contributed by atoms with van der Waals surface area (Å²) < 4.78 is 1.67. The van der Waals surface area contributed by atoms with Crippen molar-refractivity contribution in [1.29, 1.82) is 0 Å². The molecule has 5 nitrogen and oxygen atoms in total. The van der Waals surface area contributed by atoms with Gasteiger partial charge in [-0.15, -0.1) is 0 Å². The normalized spacial score (nSPS) is 9.56. The molecule has 18 heavy (non-hydrogen) atoms. The second-order valence-corrected chi connectivity index (χ2v) is 3.45. The van der Waals surface area contributed by atoms with E-state index in [9.17, 15) is 4.79 Å². The molecule has 3 aromatic rings. The van der Waals surface area contributed by atoms with E-state index < -0.39 is 5.97 Å². The smallest absolute Gasteiger partial charge is 0.338 e. The maximum Gasteiger partial charge on any atom is 0.338 e. The predicted octanol–water partition coefficient (Wildman–Crippen LogP) is 2.11. The summed E-state index contributed by atoms with van der Waals surface area (Å²) in [7, 11) is 0. The van der Waals surface area contributed by atoms with E-state index in [1.54, 1.807) is 23.0 Å². The first kappa shape index (κ1) is 11.8. The lowest BCUT2D eigenvalue weighted by Gasteiger charge is -1.95. The number of rotatable bonds is 1. The molecule has 0 saturated heterocycles. The van der Waals surface area contributed by atoms with Crippen molar-refractivity contribution >= 4 is 11.6 Å². The van der Waals surface area contributed by atoms with Crippen LogP contribution in [0, 0.1) is 0 Å². The lowest BCUT2D eigenvalue weighted by atomic mass is 10.3. The van der Waals surface area contributed by atoms with Crippen molar-refractivity contribution < 1.29 is 9.90 Å². The molecule has 0 aliphatic carbocycles. The number of hydrogen-bond acceptors (Lipinski definition) is 3. The van der Waals surface area contributed by atoms with Crippen LogP contribution in [0.1, 0.15) is 10.4 Å². The van der Waals surface area contributed by atoms with Crippen LogP contribution in [0.5, 0.6) is 0 Å². The van der Waals surface area contributed by atoms with E-state index in [2.05, 4.69) is 9.97 Å². The van der Waals surface area contributed by atoms with E-state index >= 15 is 0 Å². The molecule has 0 aliphatic rings. The minimum absolute atomic E-state index is 0.193. The van der Waals surface area contributed by atoms with Crippen molar-refractivity contribution in [2.45, 2.75) is 0 Å². The van der Waals surface area contributed by atoms with Crippen molar-refractivity contribution in [1.82, 2.24) is 14.4 Å². The van der Waals surface area contributed by atoms with Gasteiger partial charge in [-0.05, 0) is 24.3 Å². The fraction of sp³-hybridized carbons (Fsp3) is 0. The van der Waals surface area contributed by atoms with Crippen molar-refractivity contribution in [3.05, 3.63) is 66.9 Å². The zero-order chi connectivity index (χ0) is 12.8. The molecular formula is C13H11N3O2. The molecule has 3 rings (SSSR count). The van der Waals surface area contributed by atoms with Crippen LogP contribution >= 0.6 is 0 Å². The predicted molar refractivity (Wildman–Crippen MR) is 66.4 cm³/mol. The molecule has 1 N–H and O–H groups in total. The highest BCUT2D eigenvalue weighted by Gasteiger charge is 2.03. The van der Waals surface area contributed by atoms with Crippen LogP contribution in [-0.4, -0.2) is 25.4 Å². The van der Waals surface area contributed by atoms with Gasteiger partial charge in [-0.3, -0.25) is 4.98 Å². The number of aromatic carboxylic acids is 1. The highest BCUT2D eigenvalue weighted by molar-refractivity contribution is 5.87. The van der Waals surface area contributed by atoms with Crippen LogP contribution in [0.3, 0.4) is 0 Å². The summed E-state index contributed by atoms with van der Waals surface area (Å²) >= 11 is 0. The summed E-state index contributed by atoms with van der Waals surface area (Å²) in [5.41, 5.74) is 0.943. The van der Waals surface area contributed by atoms with Crippen molar-refractivity contribution in [3.8, 4) is 0 Å². The van der Waals surface area contributed by atoms with Gasteiger partial charge < -0.3 is 9.51 Å². The average molecular weight is 241 g/mol. The third kappa shape index (κ3) is 2.91. The monoisotopic (exact) mass is 241 g/mol. The second kappa shape index (κ2) is 5.58. The first-order valence-electron chi connectivity index (χ1n) is 5.28. The van der Waals surface area contributed by atoms with Crippen LogP contribution in [0.2, 0.25) is 0 Å². The SMILES string of the molecule is O=C(O)c1cnc2cccn2c1.c1ccncc1. The van der Waals surface area contributed by atoms with E-state index in [0.29, 0.717) is 0 Å². The topological polar surface area (TPSA) is 67.5 Å². The highest BCUT2D eigenvalue weighted by Crippen LogP contribution is 2.03. The summed E-state index contributed by atoms with van der Waals surface area (Å²) in [6, 6.07) is 9.34. The number of fused-ring (bicyclic) bond motifs is 1. The Balaban J connectivity index is 0.000000169. The Kier molecular flexibility index (Phi) is 3.66. The molecule has 3 heterocycles. The maximum atomic E-state index is 10.5. The van der Waals surface area contributed by atoms with E-state index in [0.717, 1.165) is 5.65 Å². The molecule has 0 radical (unpaired) electrons. The molecule has 0 spiro atoms. The molecule has 0 unspecified atom stereocenters. The van der Waals surface area contributed by atoms with E-state index in [4.69, 9.17) is 5.11 Å². The summed E-state index contributed by atoms with van der Waals surface area (Å²) in [5.74, 6) is -0.960. The van der Waals surface area contributed by atoms with Crippen molar-refractivity contribution in [2.75, 3.05) is 0 Å². The zero-order valence-electron chi connectivity index (χ0n) is 9.47. The summed E-state index contributed by atoms with van der Waals surface area (Å²) in [5, 5.41) is 8.63.